The number of ether oxygens (including phenoxy) is 6. The first kappa shape index (κ1) is 41.8. The van der Waals surface area contributed by atoms with Crippen LogP contribution in [0.4, 0.5) is 0 Å². The van der Waals surface area contributed by atoms with Crippen LogP contribution in [0.25, 0.3) is 32.7 Å². The van der Waals surface area contributed by atoms with E-state index in [2.05, 4.69) is 32.9 Å². The van der Waals surface area contributed by atoms with Crippen molar-refractivity contribution < 1.29 is 33.2 Å². The van der Waals surface area contributed by atoms with Crippen molar-refractivity contribution in [3.05, 3.63) is 99.9 Å². The summed E-state index contributed by atoms with van der Waals surface area (Å²) < 4.78 is 37.8. The lowest BCUT2D eigenvalue weighted by Crippen LogP contribution is -2.49. The van der Waals surface area contributed by atoms with Crippen molar-refractivity contribution in [2.45, 2.75) is 57.8 Å². The first-order valence-electron chi connectivity index (χ1n) is 21.1. The van der Waals surface area contributed by atoms with Gasteiger partial charge in [-0.05, 0) is 93.2 Å². The average molecular weight is 877 g/mol. The van der Waals surface area contributed by atoms with Crippen LogP contribution >= 0.6 is 22.9 Å². The molecule has 0 spiro atoms. The van der Waals surface area contributed by atoms with Gasteiger partial charge in [-0.1, -0.05) is 29.8 Å². The number of rotatable bonds is 10. The smallest absolute Gasteiger partial charge is 0.347 e. The maximum atomic E-state index is 14.0. The predicted molar refractivity (Wildman–Crippen MR) is 238 cm³/mol. The van der Waals surface area contributed by atoms with E-state index in [9.17, 15) is 4.79 Å². The maximum absolute atomic E-state index is 14.0. The molecule has 3 aromatic carbocycles. The third kappa shape index (κ3) is 9.01. The zero-order chi connectivity index (χ0) is 42.7. The number of nitrogens with zero attached hydrogens (tertiary/aromatic N) is 6. The van der Waals surface area contributed by atoms with E-state index in [4.69, 9.17) is 50.0 Å². The molecule has 15 heteroatoms. The van der Waals surface area contributed by atoms with Crippen molar-refractivity contribution in [3.8, 4) is 51.4 Å². The molecule has 3 aliphatic heterocycles. The number of benzene rings is 3. The quantitative estimate of drug-likeness (QED) is 0.123. The molecule has 0 amide bonds. The number of carbonyl (C=O) groups is 1. The van der Waals surface area contributed by atoms with E-state index < -0.39 is 12.1 Å². The summed E-state index contributed by atoms with van der Waals surface area (Å²) in [6.45, 7) is 8.74. The number of piperazine rings is 1. The van der Waals surface area contributed by atoms with Crippen LogP contribution in [0.3, 0.4) is 0 Å². The number of hydrogen-bond acceptors (Lipinski definition) is 14. The van der Waals surface area contributed by atoms with Gasteiger partial charge in [0, 0.05) is 61.3 Å². The van der Waals surface area contributed by atoms with Gasteiger partial charge in [0.25, 0.3) is 0 Å². The van der Waals surface area contributed by atoms with Crippen molar-refractivity contribution in [1.29, 1.82) is 0 Å². The minimum absolute atomic E-state index is 0.0858. The molecule has 4 bridgehead atoms. The second-order valence-corrected chi connectivity index (χ2v) is 17.3. The van der Waals surface area contributed by atoms with Crippen molar-refractivity contribution in [2.75, 3.05) is 60.1 Å². The largest absolute Gasteiger partial charge is 0.496 e. The average Bonchev–Trinajstić information content (AvgIpc) is 4.07. The molecule has 13 nitrogen and oxygen atoms in total. The fraction of sp³-hybridized carbons (Fsp3) is 0.383. The molecule has 1 saturated heterocycles. The summed E-state index contributed by atoms with van der Waals surface area (Å²) in [5, 5.41) is 1.27. The molecule has 6 heterocycles. The standard InChI is InChI=1S/C47H49ClN6O7S/c1-5-57-47(55)39-23-30-22-32(12-14-36(30)59-25-31-16-17-49-44(52-31)35-8-6-7-9-37(35)56-4)58-26-33(24-54-20-18-53(3)19-21-54)60-38-15-13-34(28(2)42(38)48)40-41-45(61-39)50-27-51-46(41)62-43(40)29-10-11-29/h6-9,12-17,22,27,29,33,39H,5,10-11,18-21,23-26H2,1-4H3/t33-,39-/m1/s1. The number of para-hydroxylation sites is 1. The molecule has 10 rings (SSSR count). The Hall–Kier alpha value is -5.54. The Bertz CT molecular complexity index is 2580. The SMILES string of the molecule is CCOC(=O)[C@H]1Cc2cc(ccc2OCc2ccnc(-c3ccccc3OC)n2)OC[C@@H](CN2CCN(C)CC2)Oc2ccc(c(C)c2Cl)-c2c(C3CC3)sc3ncnc(c23)O1. The van der Waals surface area contributed by atoms with Gasteiger partial charge in [0.2, 0.25) is 12.0 Å². The van der Waals surface area contributed by atoms with Crippen molar-refractivity contribution in [1.82, 2.24) is 29.7 Å². The van der Waals surface area contributed by atoms with Gasteiger partial charge in [0.1, 0.15) is 53.5 Å². The van der Waals surface area contributed by atoms with Gasteiger partial charge in [0.15, 0.2) is 5.82 Å². The lowest BCUT2D eigenvalue weighted by atomic mass is 9.97. The summed E-state index contributed by atoms with van der Waals surface area (Å²) in [4.78, 5) is 39.4. The first-order valence-corrected chi connectivity index (χ1v) is 22.3. The van der Waals surface area contributed by atoms with Crippen LogP contribution in [0.1, 0.15) is 47.4 Å². The van der Waals surface area contributed by atoms with Crippen molar-refractivity contribution >= 4 is 39.1 Å². The van der Waals surface area contributed by atoms with Crippen LogP contribution in [-0.2, 0) is 22.6 Å². The van der Waals surface area contributed by atoms with E-state index in [-0.39, 0.29) is 32.3 Å². The monoisotopic (exact) mass is 876 g/mol. The van der Waals surface area contributed by atoms with E-state index in [0.29, 0.717) is 63.4 Å². The van der Waals surface area contributed by atoms with Gasteiger partial charge in [-0.15, -0.1) is 11.3 Å². The third-order valence-corrected chi connectivity index (χ3v) is 13.2. The van der Waals surface area contributed by atoms with E-state index in [0.717, 1.165) is 71.5 Å². The molecular weight excluding hydrogens is 828 g/mol. The molecule has 2 fully saturated rings. The number of hydrogen-bond donors (Lipinski definition) is 0. The van der Waals surface area contributed by atoms with Gasteiger partial charge >= 0.3 is 5.97 Å². The molecule has 62 heavy (non-hydrogen) atoms. The highest BCUT2D eigenvalue weighted by atomic mass is 35.5. The number of halogens is 1. The Balaban J connectivity index is 1.12. The molecule has 0 radical (unpaired) electrons. The molecule has 6 aromatic rings. The summed E-state index contributed by atoms with van der Waals surface area (Å²) in [5.41, 5.74) is 4.88. The molecule has 322 valence electrons. The fourth-order valence-electron chi connectivity index (χ4n) is 8.02. The van der Waals surface area contributed by atoms with Gasteiger partial charge in [-0.3, -0.25) is 4.90 Å². The highest BCUT2D eigenvalue weighted by Crippen LogP contribution is 2.54. The highest BCUT2D eigenvalue weighted by molar-refractivity contribution is 7.19. The number of fused-ring (bicyclic) bond motifs is 7. The topological polar surface area (TPSA) is 130 Å². The van der Waals surface area contributed by atoms with E-state index in [1.807, 2.05) is 61.5 Å². The number of carbonyl (C=O) groups excluding carboxylic acids is 1. The molecule has 0 N–H and O–H groups in total. The van der Waals surface area contributed by atoms with E-state index >= 15 is 0 Å². The van der Waals surface area contributed by atoms with Gasteiger partial charge in [-0.2, -0.15) is 0 Å². The molecule has 1 saturated carbocycles. The number of aromatic nitrogens is 4. The number of methoxy groups -OCH3 is 1. The lowest BCUT2D eigenvalue weighted by Gasteiger charge is -2.34. The summed E-state index contributed by atoms with van der Waals surface area (Å²) in [5.74, 6) is 3.01. The Morgan fingerprint density at radius 1 is 0.968 bits per heavy atom. The van der Waals surface area contributed by atoms with E-state index in [1.165, 1.54) is 11.2 Å². The lowest BCUT2D eigenvalue weighted by molar-refractivity contribution is -0.151. The second kappa shape index (κ2) is 18.4. The zero-order valence-electron chi connectivity index (χ0n) is 35.3. The van der Waals surface area contributed by atoms with Gasteiger partial charge < -0.3 is 33.3 Å². The minimum atomic E-state index is -1.10. The molecule has 1 aliphatic carbocycles. The first-order chi connectivity index (χ1) is 30.3. The molecule has 2 atom stereocenters. The number of thiophene rings is 1. The normalized spacial score (nSPS) is 18.3. The zero-order valence-corrected chi connectivity index (χ0v) is 36.8. The Kier molecular flexibility index (Phi) is 12.4. The summed E-state index contributed by atoms with van der Waals surface area (Å²) in [6.07, 6.45) is 3.97. The number of likely N-dealkylation sites (N-methyl/N-ethyl adjacent to an activating group) is 1. The van der Waals surface area contributed by atoms with Crippen LogP contribution in [0.15, 0.2) is 73.2 Å². The Morgan fingerprint density at radius 3 is 2.61 bits per heavy atom. The highest BCUT2D eigenvalue weighted by Gasteiger charge is 2.34. The Labute approximate surface area is 369 Å². The minimum Gasteiger partial charge on any atom is -0.496 e. The molecule has 4 aliphatic rings. The van der Waals surface area contributed by atoms with E-state index in [1.54, 1.807) is 31.6 Å². The van der Waals surface area contributed by atoms with Crippen LogP contribution in [-0.4, -0.2) is 108 Å². The Morgan fingerprint density at radius 2 is 1.81 bits per heavy atom. The summed E-state index contributed by atoms with van der Waals surface area (Å²) >= 11 is 8.89. The molecule has 0 unspecified atom stereocenters. The summed E-state index contributed by atoms with van der Waals surface area (Å²) in [7, 11) is 3.77. The molecule has 3 aromatic heterocycles. The van der Waals surface area contributed by atoms with Gasteiger partial charge in [-0.25, -0.2) is 24.7 Å². The second-order valence-electron chi connectivity index (χ2n) is 15.9. The van der Waals surface area contributed by atoms with Crippen LogP contribution in [0.5, 0.6) is 28.9 Å². The predicted octanol–water partition coefficient (Wildman–Crippen LogP) is 8.18. The molecular formula is C47H49ClN6O7S. The number of esters is 1. The van der Waals surface area contributed by atoms with Crippen LogP contribution in [0, 0.1) is 6.92 Å². The van der Waals surface area contributed by atoms with Crippen LogP contribution in [0.2, 0.25) is 5.02 Å². The third-order valence-electron chi connectivity index (χ3n) is 11.5. The van der Waals surface area contributed by atoms with Crippen molar-refractivity contribution in [3.63, 3.8) is 0 Å². The summed E-state index contributed by atoms with van der Waals surface area (Å²) in [6, 6.07) is 19.0. The van der Waals surface area contributed by atoms with Crippen molar-refractivity contribution in [2.24, 2.45) is 0 Å². The maximum Gasteiger partial charge on any atom is 0.347 e. The van der Waals surface area contributed by atoms with Gasteiger partial charge in [0.05, 0.1) is 35.4 Å². The fourth-order valence-corrected chi connectivity index (χ4v) is 9.55. The van der Waals surface area contributed by atoms with Crippen LogP contribution < -0.4 is 23.7 Å².